The van der Waals surface area contributed by atoms with Gasteiger partial charge in [-0.2, -0.15) is 0 Å². The molecule has 194 valence electrons. The van der Waals surface area contributed by atoms with Crippen LogP contribution in [0.1, 0.15) is 65.0 Å². The minimum atomic E-state index is -3.86. The molecule has 2 amide bonds. The van der Waals surface area contributed by atoms with E-state index in [9.17, 15) is 19.3 Å². The Bertz CT molecular complexity index is 814. The van der Waals surface area contributed by atoms with Gasteiger partial charge in [0.25, 0.3) is 0 Å². The lowest BCUT2D eigenvalue weighted by atomic mass is 9.84. The highest BCUT2D eigenvalue weighted by Crippen LogP contribution is 2.52. The Balaban J connectivity index is 2.26. The Morgan fingerprint density at radius 1 is 1.24 bits per heavy atom. The van der Waals surface area contributed by atoms with Gasteiger partial charge in [0.05, 0.1) is 18.1 Å². The molecule has 0 bridgehead atoms. The van der Waals surface area contributed by atoms with E-state index in [2.05, 4.69) is 20.6 Å². The summed E-state index contributed by atoms with van der Waals surface area (Å²) >= 11 is 0. The number of aliphatic hydroxyl groups excluding tert-OH is 1. The molecule has 12 heteroatoms. The summed E-state index contributed by atoms with van der Waals surface area (Å²) in [5, 5.41) is 16.4. The number of carbonyl (C=O) groups is 2. The maximum Gasteiger partial charge on any atom is 0.414 e. The first-order chi connectivity index (χ1) is 16.0. The van der Waals surface area contributed by atoms with Crippen LogP contribution in [0.2, 0.25) is 0 Å². The molecule has 1 heterocycles. The van der Waals surface area contributed by atoms with Crippen molar-refractivity contribution in [1.29, 1.82) is 0 Å². The minimum absolute atomic E-state index is 0.121. The Labute approximate surface area is 201 Å². The summed E-state index contributed by atoms with van der Waals surface area (Å²) in [6.07, 6.45) is 8.09. The van der Waals surface area contributed by atoms with Gasteiger partial charge in [0.2, 0.25) is 5.91 Å². The van der Waals surface area contributed by atoms with Crippen molar-refractivity contribution in [2.45, 2.75) is 89.2 Å². The molecule has 1 saturated carbocycles. The SMILES string of the molecule is COP(=O)(OC)C(O)[C@H](CC1CCCCC1)N[C@@H](Cc1c[nH]cn1)C(=O)NC(=O)OC(C)(C)C. The number of nitrogens with zero attached hydrogens (tertiary/aromatic N) is 1. The zero-order valence-corrected chi connectivity index (χ0v) is 21.6. The Kier molecular flexibility index (Phi) is 10.7. The van der Waals surface area contributed by atoms with Gasteiger partial charge in [0, 0.05) is 32.9 Å². The quantitative estimate of drug-likeness (QED) is 0.334. The van der Waals surface area contributed by atoms with Crippen molar-refractivity contribution < 1.29 is 33.0 Å². The second-order valence-electron chi connectivity index (χ2n) is 9.64. The number of ether oxygens (including phenoxy) is 1. The highest BCUT2D eigenvalue weighted by Gasteiger charge is 2.41. The average Bonchev–Trinajstić information content (AvgIpc) is 3.29. The maximum absolute atomic E-state index is 13.1. The molecule has 0 saturated heterocycles. The fraction of sp³-hybridized carbons (Fsp3) is 0.773. The molecule has 1 unspecified atom stereocenters. The minimum Gasteiger partial charge on any atom is -0.444 e. The van der Waals surface area contributed by atoms with Crippen LogP contribution in [0, 0.1) is 5.92 Å². The summed E-state index contributed by atoms with van der Waals surface area (Å²) in [6.45, 7) is 5.08. The molecule has 0 aliphatic heterocycles. The summed E-state index contributed by atoms with van der Waals surface area (Å²) in [5.74, 6) is -1.88. The smallest absolute Gasteiger partial charge is 0.414 e. The van der Waals surface area contributed by atoms with E-state index in [1.807, 2.05) is 0 Å². The van der Waals surface area contributed by atoms with Crippen molar-refractivity contribution in [3.05, 3.63) is 18.2 Å². The highest BCUT2D eigenvalue weighted by molar-refractivity contribution is 7.54. The van der Waals surface area contributed by atoms with Gasteiger partial charge in [-0.15, -0.1) is 0 Å². The van der Waals surface area contributed by atoms with Crippen molar-refractivity contribution in [2.75, 3.05) is 14.2 Å². The van der Waals surface area contributed by atoms with E-state index in [0.29, 0.717) is 12.1 Å². The second-order valence-corrected chi connectivity index (χ2v) is 12.0. The summed E-state index contributed by atoms with van der Waals surface area (Å²) in [4.78, 5) is 32.3. The van der Waals surface area contributed by atoms with E-state index in [4.69, 9.17) is 13.8 Å². The molecule has 4 N–H and O–H groups in total. The van der Waals surface area contributed by atoms with Crippen LogP contribution in [-0.4, -0.2) is 64.8 Å². The monoisotopic (exact) mass is 502 g/mol. The van der Waals surface area contributed by atoms with Crippen LogP contribution in [-0.2, 0) is 29.6 Å². The summed E-state index contributed by atoms with van der Waals surface area (Å²) in [7, 11) is -1.44. The lowest BCUT2D eigenvalue weighted by Crippen LogP contribution is -2.55. The van der Waals surface area contributed by atoms with Crippen molar-refractivity contribution in [3.63, 3.8) is 0 Å². The molecule has 3 atom stereocenters. The number of rotatable bonds is 11. The van der Waals surface area contributed by atoms with E-state index in [1.54, 1.807) is 27.0 Å². The van der Waals surface area contributed by atoms with Gasteiger partial charge in [0.15, 0.2) is 5.85 Å². The Hall–Kier alpha value is -1.78. The lowest BCUT2D eigenvalue weighted by Gasteiger charge is -2.34. The zero-order valence-electron chi connectivity index (χ0n) is 20.7. The number of hydrogen-bond donors (Lipinski definition) is 4. The standard InChI is InChI=1S/C22H39N4O7P/c1-22(2,3)33-21(29)26-19(27)17(12-16-13-23-14-24-16)25-18(11-15-9-7-6-8-10-15)20(28)34(30,31-4)32-5/h13-15,17-18,20,25,28H,6-12H2,1-5H3,(H,23,24)(H,26,27,29)/t17-,18-,20?/m0/s1. The predicted octanol–water partition coefficient (Wildman–Crippen LogP) is 3.11. The molecule has 34 heavy (non-hydrogen) atoms. The molecule has 0 aromatic carbocycles. The third kappa shape index (κ3) is 8.78. The van der Waals surface area contributed by atoms with Crippen LogP contribution in [0.5, 0.6) is 0 Å². The van der Waals surface area contributed by atoms with Crippen LogP contribution in [0.15, 0.2) is 12.5 Å². The first-order valence-electron chi connectivity index (χ1n) is 11.6. The number of imidazole rings is 1. The number of aromatic nitrogens is 2. The van der Waals surface area contributed by atoms with Crippen molar-refractivity contribution in [2.24, 2.45) is 5.92 Å². The molecule has 1 aliphatic rings. The first-order valence-corrected chi connectivity index (χ1v) is 13.3. The fourth-order valence-corrected chi connectivity index (χ4v) is 5.39. The summed E-state index contributed by atoms with van der Waals surface area (Å²) in [5.41, 5.74) is -0.205. The average molecular weight is 503 g/mol. The normalized spacial score (nSPS) is 18.2. The molecule has 0 radical (unpaired) electrons. The Morgan fingerprint density at radius 3 is 2.41 bits per heavy atom. The molecular formula is C22H39N4O7P. The number of imide groups is 1. The summed E-state index contributed by atoms with van der Waals surface area (Å²) in [6, 6.07) is -1.76. The van der Waals surface area contributed by atoms with Crippen LogP contribution >= 0.6 is 7.60 Å². The number of H-pyrrole nitrogens is 1. The molecular weight excluding hydrogens is 463 g/mol. The fourth-order valence-electron chi connectivity index (χ4n) is 4.16. The number of hydrogen-bond acceptors (Lipinski definition) is 9. The second kappa shape index (κ2) is 12.8. The van der Waals surface area contributed by atoms with Gasteiger partial charge in [-0.25, -0.2) is 9.78 Å². The maximum atomic E-state index is 13.1. The number of carbonyl (C=O) groups excluding carboxylic acids is 2. The van der Waals surface area contributed by atoms with E-state index >= 15 is 0 Å². The molecule has 1 aliphatic carbocycles. The van der Waals surface area contributed by atoms with Crippen LogP contribution < -0.4 is 10.6 Å². The Morgan fingerprint density at radius 2 is 1.88 bits per heavy atom. The van der Waals surface area contributed by atoms with Gasteiger partial charge in [0.1, 0.15) is 5.60 Å². The van der Waals surface area contributed by atoms with Crippen molar-refractivity contribution >= 4 is 19.6 Å². The van der Waals surface area contributed by atoms with Gasteiger partial charge >= 0.3 is 13.7 Å². The molecule has 1 aromatic rings. The topological polar surface area (TPSA) is 152 Å². The molecule has 0 spiro atoms. The highest BCUT2D eigenvalue weighted by atomic mass is 31.2. The van der Waals surface area contributed by atoms with Gasteiger partial charge < -0.3 is 23.9 Å². The molecule has 1 fully saturated rings. The third-order valence-electron chi connectivity index (χ3n) is 5.83. The van der Waals surface area contributed by atoms with Crippen LogP contribution in [0.25, 0.3) is 0 Å². The number of aliphatic hydroxyl groups is 1. The largest absolute Gasteiger partial charge is 0.444 e. The van der Waals surface area contributed by atoms with E-state index in [-0.39, 0.29) is 12.3 Å². The third-order valence-corrected chi connectivity index (χ3v) is 7.85. The number of alkyl carbamates (subject to hydrolysis) is 1. The van der Waals surface area contributed by atoms with E-state index < -0.39 is 43.1 Å². The molecule has 11 nitrogen and oxygen atoms in total. The van der Waals surface area contributed by atoms with Gasteiger partial charge in [-0.05, 0) is 33.1 Å². The van der Waals surface area contributed by atoms with E-state index in [1.165, 1.54) is 20.5 Å². The van der Waals surface area contributed by atoms with Gasteiger partial charge in [-0.3, -0.25) is 20.0 Å². The van der Waals surface area contributed by atoms with Crippen LogP contribution in [0.4, 0.5) is 4.79 Å². The van der Waals surface area contributed by atoms with Crippen molar-refractivity contribution in [3.8, 4) is 0 Å². The van der Waals surface area contributed by atoms with Crippen LogP contribution in [0.3, 0.4) is 0 Å². The predicted molar refractivity (Wildman–Crippen MR) is 126 cm³/mol. The number of nitrogens with one attached hydrogen (secondary N) is 3. The molecule has 2 rings (SSSR count). The first kappa shape index (κ1) is 28.5. The molecule has 1 aromatic heterocycles. The van der Waals surface area contributed by atoms with Crippen molar-refractivity contribution in [1.82, 2.24) is 20.6 Å². The van der Waals surface area contributed by atoms with E-state index in [0.717, 1.165) is 32.1 Å². The zero-order chi connectivity index (χ0) is 25.4. The summed E-state index contributed by atoms with van der Waals surface area (Å²) < 4.78 is 28.3. The number of amides is 2. The van der Waals surface area contributed by atoms with Gasteiger partial charge in [-0.1, -0.05) is 32.1 Å². The lowest BCUT2D eigenvalue weighted by molar-refractivity contribution is -0.123. The number of aromatic amines is 1.